The normalized spacial score (nSPS) is 11.2. The van der Waals surface area contributed by atoms with Gasteiger partial charge in [-0.2, -0.15) is 0 Å². The summed E-state index contributed by atoms with van der Waals surface area (Å²) in [5.41, 5.74) is 4.88. The number of carbonyl (C=O) groups excluding carboxylic acids is 1. The third-order valence-corrected chi connectivity index (χ3v) is 1.87. The average molecular weight is 285 g/mol. The first-order valence-electron chi connectivity index (χ1n) is 3.50. The van der Waals surface area contributed by atoms with Crippen molar-refractivity contribution in [2.75, 3.05) is 0 Å². The topological polar surface area (TPSA) is 65.2 Å². The molecule has 0 aliphatic carbocycles. The van der Waals surface area contributed by atoms with Gasteiger partial charge >= 0.3 is 6.36 Å². The number of primary amides is 1. The summed E-state index contributed by atoms with van der Waals surface area (Å²) < 4.78 is 38.9. The van der Waals surface area contributed by atoms with Crippen LogP contribution in [0.2, 0.25) is 0 Å². The van der Waals surface area contributed by atoms with E-state index in [2.05, 4.69) is 25.7 Å². The monoisotopic (exact) mass is 284 g/mol. The number of nitrogens with two attached hydrogens (primary N) is 1. The van der Waals surface area contributed by atoms with Gasteiger partial charge in [0, 0.05) is 6.20 Å². The van der Waals surface area contributed by atoms with Gasteiger partial charge in [-0.15, -0.1) is 13.2 Å². The molecule has 1 heterocycles. The molecular formula is C7H4BrF3N2O2. The number of halogens is 4. The lowest BCUT2D eigenvalue weighted by atomic mass is 10.3. The Kier molecular flexibility index (Phi) is 3.18. The third kappa shape index (κ3) is 3.39. The average Bonchev–Trinajstić information content (AvgIpc) is 2.05. The number of ether oxygens (including phenoxy) is 1. The first-order chi connectivity index (χ1) is 6.79. The summed E-state index contributed by atoms with van der Waals surface area (Å²) in [7, 11) is 0. The van der Waals surface area contributed by atoms with E-state index in [1.807, 2.05) is 0 Å². The van der Waals surface area contributed by atoms with Crippen molar-refractivity contribution in [1.82, 2.24) is 4.98 Å². The predicted octanol–water partition coefficient (Wildman–Crippen LogP) is 1.84. The number of hydrogen-bond acceptors (Lipinski definition) is 3. The van der Waals surface area contributed by atoms with Crippen LogP contribution >= 0.6 is 15.9 Å². The highest BCUT2D eigenvalue weighted by molar-refractivity contribution is 9.10. The van der Waals surface area contributed by atoms with Crippen LogP contribution in [0.5, 0.6) is 5.88 Å². The molecule has 0 saturated carbocycles. The minimum atomic E-state index is -4.83. The van der Waals surface area contributed by atoms with Gasteiger partial charge in [-0.05, 0) is 22.0 Å². The Morgan fingerprint density at radius 3 is 2.53 bits per heavy atom. The van der Waals surface area contributed by atoms with Gasteiger partial charge in [-0.25, -0.2) is 4.98 Å². The molecule has 1 aromatic heterocycles. The van der Waals surface area contributed by atoms with Crippen LogP contribution in [0.15, 0.2) is 16.7 Å². The molecule has 0 aliphatic heterocycles. The summed E-state index contributed by atoms with van der Waals surface area (Å²) in [4.78, 5) is 13.9. The number of nitrogens with zero attached hydrogens (tertiary/aromatic N) is 1. The van der Waals surface area contributed by atoms with E-state index >= 15 is 0 Å². The van der Waals surface area contributed by atoms with Crippen LogP contribution in [-0.2, 0) is 0 Å². The lowest BCUT2D eigenvalue weighted by molar-refractivity contribution is -0.276. The zero-order valence-electron chi connectivity index (χ0n) is 7.01. The van der Waals surface area contributed by atoms with Crippen LogP contribution in [0.1, 0.15) is 10.4 Å². The molecule has 4 nitrogen and oxygen atoms in total. The van der Waals surface area contributed by atoms with Gasteiger partial charge in [-0.3, -0.25) is 4.79 Å². The fourth-order valence-electron chi connectivity index (χ4n) is 0.745. The van der Waals surface area contributed by atoms with E-state index in [4.69, 9.17) is 5.73 Å². The Labute approximate surface area is 90.4 Å². The Balaban J connectivity index is 2.99. The highest BCUT2D eigenvalue weighted by Gasteiger charge is 2.32. The Bertz CT molecular complexity index is 394. The number of rotatable bonds is 2. The molecule has 82 valence electrons. The van der Waals surface area contributed by atoms with E-state index in [-0.39, 0.29) is 10.0 Å². The molecule has 1 aromatic rings. The van der Waals surface area contributed by atoms with Crippen molar-refractivity contribution >= 4 is 21.8 Å². The summed E-state index contributed by atoms with van der Waals surface area (Å²) in [6.07, 6.45) is -3.93. The highest BCUT2D eigenvalue weighted by atomic mass is 79.9. The number of hydrogen-bond donors (Lipinski definition) is 1. The molecule has 0 spiro atoms. The van der Waals surface area contributed by atoms with Gasteiger partial charge in [0.05, 0.1) is 10.0 Å². The number of alkyl halides is 3. The maximum absolute atomic E-state index is 11.8. The van der Waals surface area contributed by atoms with Crippen molar-refractivity contribution < 1.29 is 22.7 Å². The maximum atomic E-state index is 11.8. The summed E-state index contributed by atoms with van der Waals surface area (Å²) >= 11 is 2.77. The summed E-state index contributed by atoms with van der Waals surface area (Å²) in [5.74, 6) is -1.46. The van der Waals surface area contributed by atoms with Gasteiger partial charge in [0.15, 0.2) is 0 Å². The van der Waals surface area contributed by atoms with Crippen LogP contribution in [0, 0.1) is 0 Å². The number of amides is 1. The molecule has 0 saturated heterocycles. The molecule has 0 atom stereocenters. The summed E-state index contributed by atoms with van der Waals surface area (Å²) in [6.45, 7) is 0. The molecular weight excluding hydrogens is 281 g/mol. The SMILES string of the molecule is NC(=O)c1cnc(OC(F)(F)F)c(Br)c1. The standard InChI is InChI=1S/C7H4BrF3N2O2/c8-4-1-3(5(12)14)2-13-6(4)15-7(9,10)11/h1-2H,(H2,12,14). The van der Waals surface area contributed by atoms with Gasteiger partial charge < -0.3 is 10.5 Å². The fourth-order valence-corrected chi connectivity index (χ4v) is 1.17. The molecule has 15 heavy (non-hydrogen) atoms. The lowest BCUT2D eigenvalue weighted by Crippen LogP contribution is -2.19. The minimum absolute atomic E-state index is 0.0172. The van der Waals surface area contributed by atoms with E-state index in [9.17, 15) is 18.0 Å². The van der Waals surface area contributed by atoms with E-state index in [1.165, 1.54) is 0 Å². The van der Waals surface area contributed by atoms with Crippen LogP contribution < -0.4 is 10.5 Å². The number of aromatic nitrogens is 1. The maximum Gasteiger partial charge on any atom is 0.574 e. The van der Waals surface area contributed by atoms with Crippen molar-refractivity contribution in [1.29, 1.82) is 0 Å². The molecule has 0 aliphatic rings. The van der Waals surface area contributed by atoms with Crippen molar-refractivity contribution in [3.8, 4) is 5.88 Å². The van der Waals surface area contributed by atoms with Crippen molar-refractivity contribution in [2.24, 2.45) is 5.73 Å². The third-order valence-electron chi connectivity index (χ3n) is 1.30. The van der Waals surface area contributed by atoms with Gasteiger partial charge in [-0.1, -0.05) is 0 Å². The molecule has 0 radical (unpaired) electrons. The molecule has 1 rings (SSSR count). The van der Waals surface area contributed by atoms with Gasteiger partial charge in [0.1, 0.15) is 0 Å². The van der Waals surface area contributed by atoms with Crippen LogP contribution in [0.4, 0.5) is 13.2 Å². The second-order valence-electron chi connectivity index (χ2n) is 2.42. The smallest absolute Gasteiger partial charge is 0.387 e. The Hall–Kier alpha value is -1.31. The van der Waals surface area contributed by atoms with E-state index in [0.29, 0.717) is 0 Å². The molecule has 2 N–H and O–H groups in total. The molecule has 1 amide bonds. The molecule has 0 aromatic carbocycles. The highest BCUT2D eigenvalue weighted by Crippen LogP contribution is 2.28. The van der Waals surface area contributed by atoms with E-state index in [1.54, 1.807) is 0 Å². The second kappa shape index (κ2) is 4.05. The van der Waals surface area contributed by atoms with Gasteiger partial charge in [0.25, 0.3) is 0 Å². The van der Waals surface area contributed by atoms with Crippen LogP contribution in [0.25, 0.3) is 0 Å². The predicted molar refractivity (Wildman–Crippen MR) is 47.1 cm³/mol. The van der Waals surface area contributed by atoms with Crippen molar-refractivity contribution in [3.05, 3.63) is 22.3 Å². The first-order valence-corrected chi connectivity index (χ1v) is 4.30. The van der Waals surface area contributed by atoms with Crippen molar-refractivity contribution in [2.45, 2.75) is 6.36 Å². The number of carbonyl (C=O) groups is 1. The summed E-state index contributed by atoms with van der Waals surface area (Å²) in [5, 5.41) is 0. The number of pyridine rings is 1. The zero-order valence-corrected chi connectivity index (χ0v) is 8.59. The molecule has 0 bridgehead atoms. The largest absolute Gasteiger partial charge is 0.574 e. The van der Waals surface area contributed by atoms with Crippen molar-refractivity contribution in [3.63, 3.8) is 0 Å². The molecule has 8 heteroatoms. The lowest BCUT2D eigenvalue weighted by Gasteiger charge is -2.09. The van der Waals surface area contributed by atoms with Crippen LogP contribution in [-0.4, -0.2) is 17.3 Å². The molecule has 0 unspecified atom stereocenters. The summed E-state index contributed by atoms with van der Waals surface area (Å²) in [6, 6.07) is 1.09. The zero-order chi connectivity index (χ0) is 11.6. The van der Waals surface area contributed by atoms with E-state index in [0.717, 1.165) is 12.3 Å². The second-order valence-corrected chi connectivity index (χ2v) is 3.28. The quantitative estimate of drug-likeness (QED) is 0.901. The first kappa shape index (κ1) is 11.8. The molecule has 0 fully saturated rings. The fraction of sp³-hybridized carbons (Fsp3) is 0.143. The Morgan fingerprint density at radius 2 is 2.13 bits per heavy atom. The van der Waals surface area contributed by atoms with E-state index < -0.39 is 18.1 Å². The van der Waals surface area contributed by atoms with Gasteiger partial charge in [0.2, 0.25) is 11.8 Å². The Morgan fingerprint density at radius 1 is 1.53 bits per heavy atom. The minimum Gasteiger partial charge on any atom is -0.387 e. The van der Waals surface area contributed by atoms with Crippen LogP contribution in [0.3, 0.4) is 0 Å².